The van der Waals surface area contributed by atoms with Gasteiger partial charge < -0.3 is 14.6 Å². The van der Waals surface area contributed by atoms with Crippen molar-refractivity contribution in [2.45, 2.75) is 12.8 Å². The van der Waals surface area contributed by atoms with Crippen LogP contribution >= 0.6 is 0 Å². The fourth-order valence-corrected chi connectivity index (χ4v) is 2.37. The summed E-state index contributed by atoms with van der Waals surface area (Å²) >= 11 is 0. The summed E-state index contributed by atoms with van der Waals surface area (Å²) in [4.78, 5) is 21.9. The van der Waals surface area contributed by atoms with Crippen LogP contribution in [0.2, 0.25) is 0 Å². The number of carboxylic acid groups (broad SMARTS) is 1. The van der Waals surface area contributed by atoms with Crippen LogP contribution in [0.15, 0.2) is 18.2 Å². The normalized spacial score (nSPS) is 21.6. The second kappa shape index (κ2) is 5.46. The van der Waals surface area contributed by atoms with E-state index in [1.165, 1.54) is 19.2 Å². The van der Waals surface area contributed by atoms with Gasteiger partial charge in [-0.3, -0.25) is 14.9 Å². The lowest BCUT2D eigenvalue weighted by Gasteiger charge is -2.22. The highest BCUT2D eigenvalue weighted by Crippen LogP contribution is 2.35. The van der Waals surface area contributed by atoms with E-state index in [0.717, 1.165) is 0 Å². The predicted octanol–water partition coefficient (Wildman–Crippen LogP) is 1.64. The molecule has 1 aromatic carbocycles. The third kappa shape index (κ3) is 2.57. The molecule has 1 saturated heterocycles. The van der Waals surface area contributed by atoms with Crippen LogP contribution in [0.3, 0.4) is 0 Å². The van der Waals surface area contributed by atoms with Crippen molar-refractivity contribution >= 4 is 11.7 Å². The Bertz CT molecular complexity index is 536. The standard InChI is InChI=1S/C13H15NO6/c1-19-11-3-2-9(6-10(11)14(17)18)7-13(12(15)16)4-5-20-8-13/h2-3,6H,4-5,7-8H2,1H3,(H,15,16). The minimum Gasteiger partial charge on any atom is -0.490 e. The van der Waals surface area contributed by atoms with Crippen molar-refractivity contribution in [2.75, 3.05) is 20.3 Å². The van der Waals surface area contributed by atoms with Crippen molar-refractivity contribution in [3.05, 3.63) is 33.9 Å². The van der Waals surface area contributed by atoms with Crippen molar-refractivity contribution in [3.8, 4) is 5.75 Å². The number of nitro benzene ring substituents is 1. The summed E-state index contributed by atoms with van der Waals surface area (Å²) in [6.45, 7) is 0.521. The number of carbonyl (C=O) groups is 1. The molecule has 0 radical (unpaired) electrons. The number of benzene rings is 1. The Kier molecular flexibility index (Phi) is 3.89. The highest BCUT2D eigenvalue weighted by molar-refractivity contribution is 5.75. The van der Waals surface area contributed by atoms with Crippen LogP contribution in [0, 0.1) is 15.5 Å². The van der Waals surface area contributed by atoms with E-state index in [9.17, 15) is 20.0 Å². The number of carboxylic acids is 1. The van der Waals surface area contributed by atoms with E-state index in [2.05, 4.69) is 0 Å². The maximum atomic E-state index is 11.4. The Balaban J connectivity index is 2.31. The first kappa shape index (κ1) is 14.3. The molecule has 1 aliphatic heterocycles. The zero-order valence-electron chi connectivity index (χ0n) is 11.0. The van der Waals surface area contributed by atoms with Crippen molar-refractivity contribution in [2.24, 2.45) is 5.41 Å². The molecule has 1 aromatic rings. The summed E-state index contributed by atoms with van der Waals surface area (Å²) in [5.74, 6) is -0.778. The Morgan fingerprint density at radius 1 is 1.60 bits per heavy atom. The van der Waals surface area contributed by atoms with Gasteiger partial charge in [0.15, 0.2) is 5.75 Å². The number of rotatable bonds is 5. The number of methoxy groups -OCH3 is 1. The molecular formula is C13H15NO6. The second-order valence-corrected chi connectivity index (χ2v) is 4.83. The van der Waals surface area contributed by atoms with E-state index in [0.29, 0.717) is 18.6 Å². The molecule has 1 aliphatic rings. The van der Waals surface area contributed by atoms with E-state index in [-0.39, 0.29) is 24.5 Å². The van der Waals surface area contributed by atoms with Crippen LogP contribution in [-0.2, 0) is 16.0 Å². The molecule has 2 rings (SSSR count). The van der Waals surface area contributed by atoms with E-state index in [4.69, 9.17) is 9.47 Å². The van der Waals surface area contributed by atoms with Gasteiger partial charge in [-0.05, 0) is 24.5 Å². The third-order valence-corrected chi connectivity index (χ3v) is 3.54. The molecule has 108 valence electrons. The monoisotopic (exact) mass is 281 g/mol. The van der Waals surface area contributed by atoms with Crippen molar-refractivity contribution in [1.82, 2.24) is 0 Å². The van der Waals surface area contributed by atoms with Crippen molar-refractivity contribution in [3.63, 3.8) is 0 Å². The molecule has 1 N–H and O–H groups in total. The van der Waals surface area contributed by atoms with Crippen LogP contribution in [-0.4, -0.2) is 36.3 Å². The van der Waals surface area contributed by atoms with Gasteiger partial charge >= 0.3 is 11.7 Å². The molecule has 1 unspecified atom stereocenters. The van der Waals surface area contributed by atoms with Crippen LogP contribution in [0.25, 0.3) is 0 Å². The highest BCUT2D eigenvalue weighted by atomic mass is 16.6. The molecule has 1 fully saturated rings. The Morgan fingerprint density at radius 3 is 2.85 bits per heavy atom. The lowest BCUT2D eigenvalue weighted by Crippen LogP contribution is -2.33. The molecule has 0 amide bonds. The van der Waals surface area contributed by atoms with Crippen LogP contribution < -0.4 is 4.74 Å². The van der Waals surface area contributed by atoms with Gasteiger partial charge in [-0.25, -0.2) is 0 Å². The highest BCUT2D eigenvalue weighted by Gasteiger charge is 2.42. The molecule has 7 heteroatoms. The summed E-state index contributed by atoms with van der Waals surface area (Å²) in [7, 11) is 1.35. The number of hydrogen-bond acceptors (Lipinski definition) is 5. The summed E-state index contributed by atoms with van der Waals surface area (Å²) in [6.07, 6.45) is 0.606. The average molecular weight is 281 g/mol. The molecule has 7 nitrogen and oxygen atoms in total. The minimum atomic E-state index is -0.998. The molecule has 0 aliphatic carbocycles. The zero-order valence-corrected chi connectivity index (χ0v) is 11.0. The van der Waals surface area contributed by atoms with Gasteiger partial charge in [0, 0.05) is 12.7 Å². The number of nitrogens with zero attached hydrogens (tertiary/aromatic N) is 1. The van der Waals surface area contributed by atoms with Crippen molar-refractivity contribution < 1.29 is 24.3 Å². The van der Waals surface area contributed by atoms with Crippen molar-refractivity contribution in [1.29, 1.82) is 0 Å². The Hall–Kier alpha value is -2.15. The molecule has 20 heavy (non-hydrogen) atoms. The summed E-state index contributed by atoms with van der Waals surface area (Å²) in [5, 5.41) is 20.3. The SMILES string of the molecule is COc1ccc(CC2(C(=O)O)CCOC2)cc1[N+](=O)[O-]. The molecule has 1 heterocycles. The van der Waals surface area contributed by atoms with E-state index in [1.807, 2.05) is 0 Å². The van der Waals surface area contributed by atoms with Crippen LogP contribution in [0.1, 0.15) is 12.0 Å². The quantitative estimate of drug-likeness (QED) is 0.650. The first-order chi connectivity index (χ1) is 9.48. The fraction of sp³-hybridized carbons (Fsp3) is 0.462. The summed E-state index contributed by atoms with van der Waals surface area (Å²) in [5.41, 5.74) is -0.572. The van der Waals surface area contributed by atoms with E-state index < -0.39 is 16.3 Å². The summed E-state index contributed by atoms with van der Waals surface area (Å²) < 4.78 is 10.1. The zero-order chi connectivity index (χ0) is 14.8. The van der Waals surface area contributed by atoms with Gasteiger partial charge in [-0.1, -0.05) is 6.07 Å². The van der Waals surface area contributed by atoms with Gasteiger partial charge in [0.25, 0.3) is 0 Å². The van der Waals surface area contributed by atoms with Gasteiger partial charge in [0.1, 0.15) is 0 Å². The van der Waals surface area contributed by atoms with E-state index in [1.54, 1.807) is 6.07 Å². The van der Waals surface area contributed by atoms with Crippen LogP contribution in [0.4, 0.5) is 5.69 Å². The largest absolute Gasteiger partial charge is 0.490 e. The predicted molar refractivity (Wildman–Crippen MR) is 68.9 cm³/mol. The molecule has 0 saturated carbocycles. The lowest BCUT2D eigenvalue weighted by atomic mass is 9.81. The first-order valence-corrected chi connectivity index (χ1v) is 6.11. The Labute approximate surface area is 115 Å². The maximum absolute atomic E-state index is 11.4. The van der Waals surface area contributed by atoms with E-state index >= 15 is 0 Å². The molecule has 0 bridgehead atoms. The fourth-order valence-electron chi connectivity index (χ4n) is 2.37. The summed E-state index contributed by atoms with van der Waals surface area (Å²) in [6, 6.07) is 4.50. The van der Waals surface area contributed by atoms with Gasteiger partial charge in [0.05, 0.1) is 24.1 Å². The average Bonchev–Trinajstić information content (AvgIpc) is 2.88. The molecular weight excluding hydrogens is 266 g/mol. The maximum Gasteiger partial charge on any atom is 0.312 e. The number of nitro groups is 1. The lowest BCUT2D eigenvalue weighted by molar-refractivity contribution is -0.385. The smallest absolute Gasteiger partial charge is 0.312 e. The first-order valence-electron chi connectivity index (χ1n) is 6.11. The number of ether oxygens (including phenoxy) is 2. The molecule has 0 aromatic heterocycles. The molecule has 1 atom stereocenters. The Morgan fingerprint density at radius 2 is 2.35 bits per heavy atom. The van der Waals surface area contributed by atoms with Gasteiger partial charge in [-0.2, -0.15) is 0 Å². The topological polar surface area (TPSA) is 98.9 Å². The number of hydrogen-bond donors (Lipinski definition) is 1. The third-order valence-electron chi connectivity index (χ3n) is 3.54. The second-order valence-electron chi connectivity index (χ2n) is 4.83. The van der Waals surface area contributed by atoms with Gasteiger partial charge in [-0.15, -0.1) is 0 Å². The number of aliphatic carboxylic acids is 1. The van der Waals surface area contributed by atoms with Crippen LogP contribution in [0.5, 0.6) is 5.75 Å². The minimum absolute atomic E-state index is 0.127. The van der Waals surface area contributed by atoms with Gasteiger partial charge in [0.2, 0.25) is 0 Å². The molecule has 0 spiro atoms.